The monoisotopic (exact) mass is 334 g/mol. The van der Waals surface area contributed by atoms with Crippen LogP contribution in [0.4, 0.5) is 5.69 Å². The molecule has 1 aromatic rings. The largest absolute Gasteiger partial charge is 0.490 e. The van der Waals surface area contributed by atoms with Gasteiger partial charge in [-0.3, -0.25) is 9.79 Å². The van der Waals surface area contributed by atoms with Crippen molar-refractivity contribution in [1.29, 1.82) is 0 Å². The Morgan fingerprint density at radius 2 is 2.00 bits per heavy atom. The van der Waals surface area contributed by atoms with Crippen molar-refractivity contribution in [1.82, 2.24) is 10.2 Å². The summed E-state index contributed by atoms with van der Waals surface area (Å²) in [6, 6.07) is 5.71. The number of anilines is 1. The Balaban J connectivity index is 2.01. The Morgan fingerprint density at radius 1 is 1.25 bits per heavy atom. The highest BCUT2D eigenvalue weighted by Gasteiger charge is 2.11. The summed E-state index contributed by atoms with van der Waals surface area (Å²) >= 11 is 0. The number of hydrogen-bond donors (Lipinski definition) is 2. The van der Waals surface area contributed by atoms with E-state index in [0.29, 0.717) is 32.1 Å². The second kappa shape index (κ2) is 9.00. The Kier molecular flexibility index (Phi) is 6.72. The van der Waals surface area contributed by atoms with Gasteiger partial charge < -0.3 is 25.0 Å². The zero-order chi connectivity index (χ0) is 17.4. The number of nitrogens with one attached hydrogen (secondary N) is 2. The number of carbonyl (C=O) groups excluding carboxylic acids is 1. The summed E-state index contributed by atoms with van der Waals surface area (Å²) in [5.41, 5.74) is 0.859. The third-order valence-electron chi connectivity index (χ3n) is 3.45. The molecule has 7 heteroatoms. The zero-order valence-electron chi connectivity index (χ0n) is 14.6. The maximum Gasteiger partial charge on any atom is 0.223 e. The summed E-state index contributed by atoms with van der Waals surface area (Å²) in [6.07, 6.45) is 1.26. The molecule has 7 nitrogen and oxygen atoms in total. The second-order valence-electron chi connectivity index (χ2n) is 5.64. The van der Waals surface area contributed by atoms with Crippen LogP contribution in [0.5, 0.6) is 11.5 Å². The molecule has 2 rings (SSSR count). The number of aliphatic imine (C=N–C) groups is 1. The van der Waals surface area contributed by atoms with Crippen LogP contribution < -0.4 is 20.1 Å². The Labute approximate surface area is 143 Å². The van der Waals surface area contributed by atoms with Crippen molar-refractivity contribution in [3.8, 4) is 11.5 Å². The van der Waals surface area contributed by atoms with E-state index in [2.05, 4.69) is 15.6 Å². The van der Waals surface area contributed by atoms with Crippen molar-refractivity contribution in [2.45, 2.75) is 19.8 Å². The van der Waals surface area contributed by atoms with Gasteiger partial charge in [-0.2, -0.15) is 0 Å². The molecule has 1 amide bonds. The highest BCUT2D eigenvalue weighted by atomic mass is 16.5. The predicted octanol–water partition coefficient (Wildman–Crippen LogP) is 1.70. The molecule has 0 aliphatic carbocycles. The fourth-order valence-electron chi connectivity index (χ4n) is 2.17. The van der Waals surface area contributed by atoms with Crippen LogP contribution in [-0.4, -0.2) is 57.2 Å². The lowest BCUT2D eigenvalue weighted by Crippen LogP contribution is -2.31. The van der Waals surface area contributed by atoms with Gasteiger partial charge in [0.25, 0.3) is 0 Å². The number of nitrogens with zero attached hydrogens (tertiary/aromatic N) is 2. The summed E-state index contributed by atoms with van der Waals surface area (Å²) in [5, 5.41) is 6.40. The van der Waals surface area contributed by atoms with Crippen LogP contribution in [0, 0.1) is 0 Å². The first-order chi connectivity index (χ1) is 11.6. The van der Waals surface area contributed by atoms with Crippen LogP contribution in [0.15, 0.2) is 23.2 Å². The smallest absolute Gasteiger partial charge is 0.223 e. The molecule has 0 saturated heterocycles. The number of guanidine groups is 1. The van der Waals surface area contributed by atoms with Gasteiger partial charge >= 0.3 is 0 Å². The van der Waals surface area contributed by atoms with Crippen LogP contribution >= 0.6 is 0 Å². The van der Waals surface area contributed by atoms with Gasteiger partial charge in [0.05, 0.1) is 19.8 Å². The maximum atomic E-state index is 11.6. The third kappa shape index (κ3) is 5.33. The maximum absolute atomic E-state index is 11.6. The third-order valence-corrected chi connectivity index (χ3v) is 3.45. The first-order valence-electron chi connectivity index (χ1n) is 8.25. The molecule has 1 heterocycles. The van der Waals surface area contributed by atoms with E-state index in [4.69, 9.17) is 9.47 Å². The van der Waals surface area contributed by atoms with Crippen molar-refractivity contribution in [3.05, 3.63) is 18.2 Å². The highest BCUT2D eigenvalue weighted by Crippen LogP contribution is 2.32. The summed E-state index contributed by atoms with van der Waals surface area (Å²) in [4.78, 5) is 17.6. The van der Waals surface area contributed by atoms with Gasteiger partial charge in [-0.15, -0.1) is 0 Å². The average Bonchev–Trinajstić information content (AvgIpc) is 2.79. The van der Waals surface area contributed by atoms with E-state index in [9.17, 15) is 4.79 Å². The number of carbonyl (C=O) groups is 1. The minimum Gasteiger partial charge on any atom is -0.490 e. The molecule has 0 saturated carbocycles. The molecule has 1 aliphatic heterocycles. The molecule has 0 aromatic heterocycles. The number of amides is 1. The van der Waals surface area contributed by atoms with Gasteiger partial charge in [0.15, 0.2) is 17.5 Å². The molecule has 132 valence electrons. The van der Waals surface area contributed by atoms with E-state index in [1.165, 1.54) is 0 Å². The van der Waals surface area contributed by atoms with E-state index in [1.54, 1.807) is 19.0 Å². The molecule has 0 radical (unpaired) electrons. The van der Waals surface area contributed by atoms with Gasteiger partial charge in [-0.1, -0.05) is 0 Å². The molecule has 24 heavy (non-hydrogen) atoms. The topological polar surface area (TPSA) is 75.2 Å². The van der Waals surface area contributed by atoms with E-state index < -0.39 is 0 Å². The number of fused-ring (bicyclic) bond motifs is 1. The van der Waals surface area contributed by atoms with Crippen LogP contribution in [0.1, 0.15) is 19.8 Å². The predicted molar refractivity (Wildman–Crippen MR) is 95.0 cm³/mol. The SMILES string of the molecule is CCNC(=NCCC(=O)N(C)C)Nc1ccc2c(c1)OCCCO2. The molecular formula is C17H26N4O3. The molecular weight excluding hydrogens is 308 g/mol. The quantitative estimate of drug-likeness (QED) is 0.633. The van der Waals surface area contributed by atoms with Crippen LogP contribution in [-0.2, 0) is 4.79 Å². The Bertz CT molecular complexity index is 587. The number of ether oxygens (including phenoxy) is 2. The van der Waals surface area contributed by atoms with E-state index in [0.717, 1.165) is 30.2 Å². The van der Waals surface area contributed by atoms with Gasteiger partial charge in [0, 0.05) is 45.2 Å². The van der Waals surface area contributed by atoms with E-state index in [1.807, 2.05) is 25.1 Å². The standard InChI is InChI=1S/C17H26N4O3/c1-4-18-17(19-9-8-16(22)21(2)3)20-13-6-7-14-15(12-13)24-11-5-10-23-14/h6-7,12H,4-5,8-11H2,1-3H3,(H2,18,19,20). The van der Waals surface area contributed by atoms with Crippen LogP contribution in [0.2, 0.25) is 0 Å². The molecule has 1 aliphatic rings. The molecule has 0 atom stereocenters. The first-order valence-corrected chi connectivity index (χ1v) is 8.25. The van der Waals surface area contributed by atoms with Gasteiger partial charge in [-0.25, -0.2) is 0 Å². The van der Waals surface area contributed by atoms with E-state index >= 15 is 0 Å². The van der Waals surface area contributed by atoms with Crippen molar-refractivity contribution >= 4 is 17.6 Å². The lowest BCUT2D eigenvalue weighted by Gasteiger charge is -2.14. The molecule has 1 aromatic carbocycles. The van der Waals surface area contributed by atoms with Crippen molar-refractivity contribution in [3.63, 3.8) is 0 Å². The van der Waals surface area contributed by atoms with E-state index in [-0.39, 0.29) is 5.91 Å². The molecule has 0 spiro atoms. The summed E-state index contributed by atoms with van der Waals surface area (Å²) in [5.74, 6) is 2.19. The van der Waals surface area contributed by atoms with Crippen molar-refractivity contribution in [2.24, 2.45) is 4.99 Å². The number of benzene rings is 1. The average molecular weight is 334 g/mol. The fraction of sp³-hybridized carbons (Fsp3) is 0.529. The Hall–Kier alpha value is -2.44. The normalized spacial score (nSPS) is 13.9. The molecule has 0 fully saturated rings. The lowest BCUT2D eigenvalue weighted by molar-refractivity contribution is -0.128. The fourth-order valence-corrected chi connectivity index (χ4v) is 2.17. The lowest BCUT2D eigenvalue weighted by atomic mass is 10.2. The van der Waals surface area contributed by atoms with Crippen molar-refractivity contribution in [2.75, 3.05) is 45.7 Å². The molecule has 0 unspecified atom stereocenters. The first kappa shape index (κ1) is 17.9. The van der Waals surface area contributed by atoms with Gasteiger partial charge in [-0.05, 0) is 19.1 Å². The number of rotatable bonds is 5. The molecule has 2 N–H and O–H groups in total. The van der Waals surface area contributed by atoms with Crippen molar-refractivity contribution < 1.29 is 14.3 Å². The summed E-state index contributed by atoms with van der Waals surface area (Å²) < 4.78 is 11.3. The molecule has 0 bridgehead atoms. The zero-order valence-corrected chi connectivity index (χ0v) is 14.6. The number of hydrogen-bond acceptors (Lipinski definition) is 4. The Morgan fingerprint density at radius 3 is 2.71 bits per heavy atom. The second-order valence-corrected chi connectivity index (χ2v) is 5.64. The van der Waals surface area contributed by atoms with Crippen LogP contribution in [0.3, 0.4) is 0 Å². The van der Waals surface area contributed by atoms with Gasteiger partial charge in [0.2, 0.25) is 5.91 Å². The minimum absolute atomic E-state index is 0.0603. The van der Waals surface area contributed by atoms with Gasteiger partial charge in [0.1, 0.15) is 0 Å². The summed E-state index contributed by atoms with van der Waals surface area (Å²) in [6.45, 7) is 4.48. The summed E-state index contributed by atoms with van der Waals surface area (Å²) in [7, 11) is 3.49. The minimum atomic E-state index is 0.0603. The van der Waals surface area contributed by atoms with Crippen LogP contribution in [0.25, 0.3) is 0 Å². The highest BCUT2D eigenvalue weighted by molar-refractivity contribution is 5.94.